The topological polar surface area (TPSA) is 26.3 Å². The summed E-state index contributed by atoms with van der Waals surface area (Å²) in [5.41, 5.74) is 1.70. The second-order valence-corrected chi connectivity index (χ2v) is 8.43. The van der Waals surface area contributed by atoms with Crippen LogP contribution >= 0.6 is 11.8 Å². The van der Waals surface area contributed by atoms with E-state index in [1.807, 2.05) is 66.4 Å². The predicted octanol–water partition coefficient (Wildman–Crippen LogP) is 7.82. The number of carbonyl (C=O) groups excluding carboxylic acids is 1. The van der Waals surface area contributed by atoms with Crippen LogP contribution in [0.15, 0.2) is 59.5 Å². The van der Waals surface area contributed by atoms with E-state index in [-0.39, 0.29) is 5.78 Å². The Morgan fingerprint density at radius 2 is 1.69 bits per heavy atom. The zero-order valence-electron chi connectivity index (χ0n) is 17.9. The SMILES string of the molecule is CCCCCCCCOc1cccc(/C=C/C(=O)c2ccc(SCCC)cc2)c1. The molecule has 0 N–H and O–H groups in total. The minimum Gasteiger partial charge on any atom is -0.494 e. The van der Waals surface area contributed by atoms with Crippen molar-refractivity contribution < 1.29 is 9.53 Å². The number of unbranched alkanes of at least 4 members (excludes halogenated alkanes) is 5. The molecule has 2 rings (SSSR count). The van der Waals surface area contributed by atoms with Crippen molar-refractivity contribution >= 4 is 23.6 Å². The maximum atomic E-state index is 12.4. The zero-order valence-corrected chi connectivity index (χ0v) is 18.7. The van der Waals surface area contributed by atoms with E-state index in [0.717, 1.165) is 42.1 Å². The quantitative estimate of drug-likeness (QED) is 0.137. The van der Waals surface area contributed by atoms with Gasteiger partial charge in [-0.15, -0.1) is 11.8 Å². The molecule has 0 aliphatic heterocycles. The molecule has 0 radical (unpaired) electrons. The van der Waals surface area contributed by atoms with E-state index in [0.29, 0.717) is 0 Å². The molecule has 156 valence electrons. The molecule has 0 aliphatic rings. The average molecular weight is 411 g/mol. The maximum absolute atomic E-state index is 12.4. The highest BCUT2D eigenvalue weighted by atomic mass is 32.2. The van der Waals surface area contributed by atoms with Crippen LogP contribution in [-0.2, 0) is 0 Å². The van der Waals surface area contributed by atoms with E-state index < -0.39 is 0 Å². The molecule has 0 saturated carbocycles. The molecule has 2 aromatic carbocycles. The Kier molecular flexibility index (Phi) is 11.3. The van der Waals surface area contributed by atoms with Crippen molar-refractivity contribution in [2.75, 3.05) is 12.4 Å². The van der Waals surface area contributed by atoms with E-state index in [1.54, 1.807) is 6.08 Å². The van der Waals surface area contributed by atoms with Crippen molar-refractivity contribution in [2.24, 2.45) is 0 Å². The Labute approximate surface area is 180 Å². The van der Waals surface area contributed by atoms with Crippen LogP contribution in [0.1, 0.15) is 74.7 Å². The largest absolute Gasteiger partial charge is 0.494 e. The molecule has 0 aliphatic carbocycles. The number of carbonyl (C=O) groups is 1. The minimum absolute atomic E-state index is 0.0236. The molecular formula is C26H34O2S. The molecule has 0 unspecified atom stereocenters. The molecule has 0 spiro atoms. The number of rotatable bonds is 14. The molecule has 29 heavy (non-hydrogen) atoms. The molecule has 2 nitrogen and oxygen atoms in total. The van der Waals surface area contributed by atoms with Gasteiger partial charge in [0.15, 0.2) is 5.78 Å². The Morgan fingerprint density at radius 3 is 2.45 bits per heavy atom. The second-order valence-electron chi connectivity index (χ2n) is 7.26. The van der Waals surface area contributed by atoms with Crippen LogP contribution < -0.4 is 4.74 Å². The summed E-state index contributed by atoms with van der Waals surface area (Å²) < 4.78 is 5.87. The van der Waals surface area contributed by atoms with Gasteiger partial charge in [-0.25, -0.2) is 0 Å². The van der Waals surface area contributed by atoms with Crippen LogP contribution in [0.4, 0.5) is 0 Å². The number of hydrogen-bond acceptors (Lipinski definition) is 3. The van der Waals surface area contributed by atoms with Crippen LogP contribution in [0.3, 0.4) is 0 Å². The van der Waals surface area contributed by atoms with Crippen molar-refractivity contribution in [3.8, 4) is 5.75 Å². The Balaban J connectivity index is 1.81. The Hall–Kier alpha value is -2.00. The summed E-state index contributed by atoms with van der Waals surface area (Å²) in [5, 5.41) is 0. The number of thioether (sulfide) groups is 1. The highest BCUT2D eigenvalue weighted by molar-refractivity contribution is 7.99. The van der Waals surface area contributed by atoms with Crippen molar-refractivity contribution in [3.63, 3.8) is 0 Å². The summed E-state index contributed by atoms with van der Waals surface area (Å²) in [5.74, 6) is 1.99. The molecular weight excluding hydrogens is 376 g/mol. The fourth-order valence-corrected chi connectivity index (χ4v) is 3.75. The van der Waals surface area contributed by atoms with Gasteiger partial charge in [-0.2, -0.15) is 0 Å². The van der Waals surface area contributed by atoms with Crippen LogP contribution in [0, 0.1) is 0 Å². The molecule has 0 amide bonds. The van der Waals surface area contributed by atoms with E-state index in [1.165, 1.54) is 37.0 Å². The summed E-state index contributed by atoms with van der Waals surface area (Å²) in [4.78, 5) is 13.6. The van der Waals surface area contributed by atoms with Gasteiger partial charge in [-0.05, 0) is 66.6 Å². The average Bonchev–Trinajstić information content (AvgIpc) is 2.76. The van der Waals surface area contributed by atoms with Gasteiger partial charge in [0, 0.05) is 10.5 Å². The fourth-order valence-electron chi connectivity index (χ4n) is 2.98. The maximum Gasteiger partial charge on any atom is 0.185 e. The number of hydrogen-bond donors (Lipinski definition) is 0. The van der Waals surface area contributed by atoms with Crippen molar-refractivity contribution in [3.05, 3.63) is 65.7 Å². The van der Waals surface area contributed by atoms with Crippen molar-refractivity contribution in [1.82, 2.24) is 0 Å². The lowest BCUT2D eigenvalue weighted by atomic mass is 10.1. The van der Waals surface area contributed by atoms with E-state index in [2.05, 4.69) is 13.8 Å². The summed E-state index contributed by atoms with van der Waals surface area (Å²) >= 11 is 1.82. The first kappa shape index (κ1) is 23.3. The third-order valence-corrected chi connectivity index (χ3v) is 5.88. The lowest BCUT2D eigenvalue weighted by Crippen LogP contribution is -1.97. The highest BCUT2D eigenvalue weighted by Gasteiger charge is 2.03. The van der Waals surface area contributed by atoms with Crippen LogP contribution in [0.25, 0.3) is 6.08 Å². The molecule has 0 heterocycles. The molecule has 2 aromatic rings. The van der Waals surface area contributed by atoms with Gasteiger partial charge < -0.3 is 4.74 Å². The second kappa shape index (κ2) is 14.1. The van der Waals surface area contributed by atoms with E-state index in [9.17, 15) is 4.79 Å². The van der Waals surface area contributed by atoms with Gasteiger partial charge in [-0.3, -0.25) is 4.79 Å². The van der Waals surface area contributed by atoms with Gasteiger partial charge in [-0.1, -0.05) is 64.2 Å². The van der Waals surface area contributed by atoms with Crippen LogP contribution in [-0.4, -0.2) is 18.1 Å². The smallest absolute Gasteiger partial charge is 0.185 e. The molecule has 0 saturated heterocycles. The summed E-state index contributed by atoms with van der Waals surface area (Å²) in [7, 11) is 0. The van der Waals surface area contributed by atoms with Gasteiger partial charge in [0.1, 0.15) is 5.75 Å². The first-order valence-corrected chi connectivity index (χ1v) is 11.9. The zero-order chi connectivity index (χ0) is 20.7. The predicted molar refractivity (Wildman–Crippen MR) is 126 cm³/mol. The Bertz CT molecular complexity index is 750. The highest BCUT2D eigenvalue weighted by Crippen LogP contribution is 2.20. The standard InChI is InChI=1S/C26H34O2S/c1-3-5-6-7-8-9-19-28-24-12-10-11-22(21-24)13-18-26(27)23-14-16-25(17-15-23)29-20-4-2/h10-18,21H,3-9,19-20H2,1-2H3/b18-13+. The number of benzene rings is 2. The molecule has 0 aromatic heterocycles. The van der Waals surface area contributed by atoms with Gasteiger partial charge in [0.2, 0.25) is 0 Å². The fraction of sp³-hybridized carbons (Fsp3) is 0.423. The minimum atomic E-state index is 0.0236. The molecule has 0 atom stereocenters. The lowest BCUT2D eigenvalue weighted by molar-refractivity contribution is 0.104. The molecule has 0 bridgehead atoms. The number of ketones is 1. The molecule has 3 heteroatoms. The van der Waals surface area contributed by atoms with Gasteiger partial charge in [0.05, 0.1) is 6.61 Å². The van der Waals surface area contributed by atoms with Crippen LogP contribution in [0.5, 0.6) is 5.75 Å². The third-order valence-electron chi connectivity index (χ3n) is 4.66. The molecule has 0 fully saturated rings. The van der Waals surface area contributed by atoms with Crippen LogP contribution in [0.2, 0.25) is 0 Å². The normalized spacial score (nSPS) is 11.1. The number of ether oxygens (including phenoxy) is 1. The van der Waals surface area contributed by atoms with Gasteiger partial charge in [0.25, 0.3) is 0 Å². The van der Waals surface area contributed by atoms with Crippen molar-refractivity contribution in [2.45, 2.75) is 63.7 Å². The summed E-state index contributed by atoms with van der Waals surface area (Å²) in [6.07, 6.45) is 12.2. The van der Waals surface area contributed by atoms with Gasteiger partial charge >= 0.3 is 0 Å². The first-order chi connectivity index (χ1) is 14.2. The third kappa shape index (κ3) is 9.36. The Morgan fingerprint density at radius 1 is 0.931 bits per heavy atom. The van der Waals surface area contributed by atoms with E-state index >= 15 is 0 Å². The number of allylic oxidation sites excluding steroid dienone is 1. The van der Waals surface area contributed by atoms with E-state index in [4.69, 9.17) is 4.74 Å². The lowest BCUT2D eigenvalue weighted by Gasteiger charge is -2.07. The first-order valence-electron chi connectivity index (χ1n) is 10.9. The summed E-state index contributed by atoms with van der Waals surface area (Å²) in [6, 6.07) is 15.8. The van der Waals surface area contributed by atoms with Crippen molar-refractivity contribution in [1.29, 1.82) is 0 Å². The summed E-state index contributed by atoms with van der Waals surface area (Å²) in [6.45, 7) is 5.16. The monoisotopic (exact) mass is 410 g/mol.